The van der Waals surface area contributed by atoms with E-state index >= 15 is 0 Å². The number of halogens is 1. The van der Waals surface area contributed by atoms with Crippen molar-refractivity contribution in [2.75, 3.05) is 26.8 Å². The van der Waals surface area contributed by atoms with Gasteiger partial charge in [-0.05, 0) is 51.2 Å². The average Bonchev–Trinajstić information content (AvgIpc) is 3.57. The van der Waals surface area contributed by atoms with Crippen molar-refractivity contribution in [1.29, 1.82) is 5.26 Å². The second-order valence-corrected chi connectivity index (χ2v) is 9.27. The standard InChI is InChI=1S/C24H27ClN4O5/c1-15(2)33-23(30)29-8-7-24(10-17(24)12-29)13-32-21-20(31-3)22(28-14-27-21)34-19-6-4-5-16(11-26)9-18(19)25/h5-6,9,14-15,17H,4,7-8,10,12-13H2,1-3H3. The van der Waals surface area contributed by atoms with E-state index in [9.17, 15) is 4.79 Å². The number of carbonyl (C=O) groups is 1. The Labute approximate surface area is 203 Å². The summed E-state index contributed by atoms with van der Waals surface area (Å²) in [5.74, 6) is 1.44. The van der Waals surface area contributed by atoms with Crippen molar-refractivity contribution in [3.8, 4) is 23.6 Å². The van der Waals surface area contributed by atoms with Gasteiger partial charge in [-0.2, -0.15) is 15.2 Å². The number of hydrogen-bond donors (Lipinski definition) is 0. The van der Waals surface area contributed by atoms with E-state index in [1.165, 1.54) is 13.4 Å². The van der Waals surface area contributed by atoms with Gasteiger partial charge >= 0.3 is 6.09 Å². The van der Waals surface area contributed by atoms with Crippen LogP contribution in [0.25, 0.3) is 0 Å². The van der Waals surface area contributed by atoms with E-state index in [2.05, 4.69) is 16.0 Å². The van der Waals surface area contributed by atoms with Crippen molar-refractivity contribution < 1.29 is 23.7 Å². The molecule has 0 spiro atoms. The molecule has 1 amide bonds. The highest BCUT2D eigenvalue weighted by Gasteiger charge is 2.58. The van der Waals surface area contributed by atoms with Crippen LogP contribution in [0.15, 0.2) is 40.9 Å². The van der Waals surface area contributed by atoms with Gasteiger partial charge in [0.2, 0.25) is 5.75 Å². The Morgan fingerprint density at radius 1 is 1.35 bits per heavy atom. The Morgan fingerprint density at radius 2 is 2.15 bits per heavy atom. The second kappa shape index (κ2) is 9.94. The van der Waals surface area contributed by atoms with Gasteiger partial charge < -0.3 is 23.8 Å². The van der Waals surface area contributed by atoms with E-state index in [0.717, 1.165) is 12.8 Å². The van der Waals surface area contributed by atoms with Crippen LogP contribution in [-0.4, -0.2) is 53.9 Å². The normalized spacial score (nSPS) is 23.5. The largest absolute Gasteiger partial charge is 0.487 e. The highest BCUT2D eigenvalue weighted by Crippen LogP contribution is 2.58. The fourth-order valence-corrected chi connectivity index (χ4v) is 4.47. The van der Waals surface area contributed by atoms with Crippen molar-refractivity contribution in [3.63, 3.8) is 0 Å². The van der Waals surface area contributed by atoms with Gasteiger partial charge in [0, 0.05) is 24.1 Å². The minimum absolute atomic E-state index is 0.0147. The minimum atomic E-state index is -0.256. The number of piperidine rings is 1. The first-order valence-corrected chi connectivity index (χ1v) is 11.6. The van der Waals surface area contributed by atoms with Crippen LogP contribution in [0.4, 0.5) is 4.79 Å². The highest BCUT2D eigenvalue weighted by molar-refractivity contribution is 6.32. The number of likely N-dealkylation sites (tertiary alicyclic amines) is 1. The van der Waals surface area contributed by atoms with Gasteiger partial charge in [-0.3, -0.25) is 0 Å². The zero-order chi connectivity index (χ0) is 24.3. The molecule has 180 valence electrons. The quantitative estimate of drug-likeness (QED) is 0.559. The first kappa shape index (κ1) is 23.9. The van der Waals surface area contributed by atoms with Crippen molar-refractivity contribution in [2.45, 2.75) is 39.2 Å². The summed E-state index contributed by atoms with van der Waals surface area (Å²) in [7, 11) is 1.49. The minimum Gasteiger partial charge on any atom is -0.487 e. The smallest absolute Gasteiger partial charge is 0.410 e. The Balaban J connectivity index is 1.40. The fraction of sp³-hybridized carbons (Fsp3) is 0.500. The fourth-order valence-electron chi connectivity index (χ4n) is 4.24. The molecule has 10 heteroatoms. The molecule has 1 aromatic heterocycles. The van der Waals surface area contributed by atoms with E-state index in [-0.39, 0.29) is 40.2 Å². The van der Waals surface area contributed by atoms with Crippen LogP contribution in [0.2, 0.25) is 0 Å². The Bertz CT molecular complexity index is 1090. The number of hydrogen-bond acceptors (Lipinski definition) is 8. The summed E-state index contributed by atoms with van der Waals surface area (Å²) in [4.78, 5) is 22.4. The number of ether oxygens (including phenoxy) is 4. The van der Waals surface area contributed by atoms with Crippen LogP contribution in [0.3, 0.4) is 0 Å². The van der Waals surface area contributed by atoms with Crippen molar-refractivity contribution in [2.24, 2.45) is 11.3 Å². The lowest BCUT2D eigenvalue weighted by Gasteiger charge is -2.31. The molecule has 0 bridgehead atoms. The molecule has 2 unspecified atom stereocenters. The molecule has 1 saturated heterocycles. The van der Waals surface area contributed by atoms with Crippen LogP contribution in [0.1, 0.15) is 33.1 Å². The third kappa shape index (κ3) is 5.12. The molecule has 34 heavy (non-hydrogen) atoms. The number of aromatic nitrogens is 2. The number of amides is 1. The van der Waals surface area contributed by atoms with Gasteiger partial charge in [0.25, 0.3) is 11.8 Å². The summed E-state index contributed by atoms with van der Waals surface area (Å²) in [5.41, 5.74) is 0.473. The third-order valence-corrected chi connectivity index (χ3v) is 6.50. The van der Waals surface area contributed by atoms with Gasteiger partial charge in [-0.25, -0.2) is 4.79 Å². The van der Waals surface area contributed by atoms with E-state index < -0.39 is 0 Å². The summed E-state index contributed by atoms with van der Waals surface area (Å²) < 4.78 is 22.8. The number of nitrogens with zero attached hydrogens (tertiary/aromatic N) is 4. The van der Waals surface area contributed by atoms with Crippen LogP contribution in [-0.2, 0) is 4.74 Å². The number of fused-ring (bicyclic) bond motifs is 1. The molecule has 1 aliphatic heterocycles. The Kier molecular flexibility index (Phi) is 6.98. The molecule has 2 heterocycles. The number of carbonyl (C=O) groups excluding carboxylic acids is 1. The van der Waals surface area contributed by atoms with Crippen molar-refractivity contribution >= 4 is 17.7 Å². The maximum Gasteiger partial charge on any atom is 0.410 e. The average molecular weight is 487 g/mol. The predicted octanol–water partition coefficient (Wildman–Crippen LogP) is 4.36. The van der Waals surface area contributed by atoms with Gasteiger partial charge in [-0.15, -0.1) is 0 Å². The van der Waals surface area contributed by atoms with E-state index in [1.807, 2.05) is 13.8 Å². The summed E-state index contributed by atoms with van der Waals surface area (Å²) in [5, 5.41) is 9.42. The SMILES string of the molecule is COc1c(OCC23CCN(C(=O)OC(C)C)CC2C3)ncnc1OC1=CCC=C(C#N)C=C1Cl. The van der Waals surface area contributed by atoms with Gasteiger partial charge in [0.05, 0.1) is 30.9 Å². The summed E-state index contributed by atoms with van der Waals surface area (Å²) in [6.07, 6.45) is 8.32. The molecule has 1 saturated carbocycles. The molecule has 2 aliphatic carbocycles. The lowest BCUT2D eigenvalue weighted by atomic mass is 9.96. The summed E-state index contributed by atoms with van der Waals surface area (Å²) in [6, 6.07) is 2.08. The number of allylic oxidation sites excluding steroid dienone is 5. The molecule has 0 aromatic carbocycles. The van der Waals surface area contributed by atoms with E-state index in [0.29, 0.717) is 43.4 Å². The molecule has 1 aromatic rings. The Morgan fingerprint density at radius 3 is 2.85 bits per heavy atom. The number of nitriles is 1. The number of rotatable bonds is 7. The lowest BCUT2D eigenvalue weighted by molar-refractivity contribution is 0.0585. The van der Waals surface area contributed by atoms with Gasteiger partial charge in [0.1, 0.15) is 12.1 Å². The molecular weight excluding hydrogens is 460 g/mol. The maximum absolute atomic E-state index is 12.2. The molecule has 4 rings (SSSR count). The predicted molar refractivity (Wildman–Crippen MR) is 123 cm³/mol. The molecular formula is C24H27ClN4O5. The van der Waals surface area contributed by atoms with E-state index in [4.69, 9.17) is 35.8 Å². The first-order valence-electron chi connectivity index (χ1n) is 11.2. The monoisotopic (exact) mass is 486 g/mol. The summed E-state index contributed by atoms with van der Waals surface area (Å²) >= 11 is 6.32. The lowest BCUT2D eigenvalue weighted by Crippen LogP contribution is -2.41. The maximum atomic E-state index is 12.2. The van der Waals surface area contributed by atoms with Crippen LogP contribution >= 0.6 is 11.6 Å². The van der Waals surface area contributed by atoms with Gasteiger partial charge in [0.15, 0.2) is 0 Å². The third-order valence-electron chi connectivity index (χ3n) is 6.21. The highest BCUT2D eigenvalue weighted by atomic mass is 35.5. The second-order valence-electron chi connectivity index (χ2n) is 8.87. The molecule has 0 N–H and O–H groups in total. The topological polar surface area (TPSA) is 107 Å². The van der Waals surface area contributed by atoms with Gasteiger partial charge in [-0.1, -0.05) is 17.7 Å². The summed E-state index contributed by atoms with van der Waals surface area (Å²) in [6.45, 7) is 5.46. The van der Waals surface area contributed by atoms with Crippen LogP contribution in [0, 0.1) is 22.7 Å². The molecule has 2 fully saturated rings. The zero-order valence-corrected chi connectivity index (χ0v) is 20.2. The number of methoxy groups -OCH3 is 1. The molecule has 2 atom stereocenters. The zero-order valence-electron chi connectivity index (χ0n) is 19.4. The van der Waals surface area contributed by atoms with Crippen LogP contribution in [0.5, 0.6) is 17.5 Å². The first-order chi connectivity index (χ1) is 16.3. The van der Waals surface area contributed by atoms with E-state index in [1.54, 1.807) is 23.1 Å². The van der Waals surface area contributed by atoms with Crippen molar-refractivity contribution in [1.82, 2.24) is 14.9 Å². The molecule has 3 aliphatic rings. The molecule has 9 nitrogen and oxygen atoms in total. The Hall–Kier alpha value is -3.25. The van der Waals surface area contributed by atoms with Crippen molar-refractivity contribution in [3.05, 3.63) is 40.9 Å². The molecule has 0 radical (unpaired) electrons. The van der Waals surface area contributed by atoms with Crippen LogP contribution < -0.4 is 14.2 Å².